The first-order chi connectivity index (χ1) is 72.0. The van der Waals surface area contributed by atoms with Crippen LogP contribution in [0.3, 0.4) is 0 Å². The molecule has 0 amide bonds. The molecule has 0 N–H and O–H groups in total. The minimum atomic E-state index is 1.21. The van der Waals surface area contributed by atoms with E-state index in [4.69, 9.17) is 0 Å². The summed E-state index contributed by atoms with van der Waals surface area (Å²) in [5.41, 5.74) is 40.5. The van der Waals surface area contributed by atoms with Crippen molar-refractivity contribution >= 4 is 151 Å². The Labute approximate surface area is 838 Å². The minimum Gasteiger partial charge on any atom is -0.309 e. The molecule has 1 heterocycles. The second-order valence-electron chi connectivity index (χ2n) is 39.3. The van der Waals surface area contributed by atoms with Crippen LogP contribution in [0.15, 0.2) is 528 Å². The van der Waals surface area contributed by atoms with Gasteiger partial charge in [-0.25, -0.2) is 0 Å². The number of hydrogen-bond donors (Lipinski definition) is 0. The fourth-order valence-electron chi connectivity index (χ4n) is 25.3. The summed E-state index contributed by atoms with van der Waals surface area (Å²) in [5.74, 6) is 0. The molecule has 668 valence electrons. The molecule has 0 atom stereocenters. The van der Waals surface area contributed by atoms with Crippen molar-refractivity contribution < 1.29 is 0 Å². The highest BCUT2D eigenvalue weighted by Crippen LogP contribution is 2.59. The van der Waals surface area contributed by atoms with Gasteiger partial charge in [0, 0.05) is 16.3 Å². The molecule has 4 aliphatic carbocycles. The number of nitrogens with zero attached hydrogens (tertiary/aromatic N) is 1. The van der Waals surface area contributed by atoms with Crippen molar-refractivity contribution in [2.45, 2.75) is 0 Å². The van der Waals surface area contributed by atoms with E-state index in [0.717, 1.165) is 0 Å². The summed E-state index contributed by atoms with van der Waals surface area (Å²) in [7, 11) is 0. The summed E-state index contributed by atoms with van der Waals surface area (Å²) in [4.78, 5) is 0. The van der Waals surface area contributed by atoms with Crippen LogP contribution in [0.5, 0.6) is 0 Å². The Hall–Kier alpha value is -18.9. The zero-order valence-corrected chi connectivity index (χ0v) is 79.2. The van der Waals surface area contributed by atoms with E-state index >= 15 is 0 Å². The third-order valence-electron chi connectivity index (χ3n) is 31.7. The molecular weight excluding hydrogens is 1740 g/mol. The minimum absolute atomic E-state index is 1.21. The van der Waals surface area contributed by atoms with E-state index in [2.05, 4.69) is 532 Å². The van der Waals surface area contributed by atoms with E-state index in [1.54, 1.807) is 0 Å². The number of fused-ring (bicyclic) bond motifs is 29. The number of benzene rings is 28. The van der Waals surface area contributed by atoms with Crippen molar-refractivity contribution in [2.24, 2.45) is 0 Å². The topological polar surface area (TPSA) is 4.93 Å². The van der Waals surface area contributed by atoms with Crippen LogP contribution in [0.4, 0.5) is 0 Å². The maximum atomic E-state index is 2.44. The monoisotopic (exact) mass is 1830 g/mol. The van der Waals surface area contributed by atoms with E-state index < -0.39 is 0 Å². The van der Waals surface area contributed by atoms with Gasteiger partial charge >= 0.3 is 0 Å². The SMILES string of the molecule is c1cc(-c2ccc3cc(-c4ccc5ccccc5c4)ccc3c2)cc(-c2ccc3c4c(cccc24)-c2ccc4ccccc4c2-3)c1.c1ccc(-c2ccc3c4c(cccc24)-c2c-3c3ccccc3c3ccccc23)cc1.c1ccc(-n2c3ccccc3c3ccccc32)c(-c2ccc3c4c(cccc24)-c2ccc4ccccc4c2-3)c1.c1ccc2cc(-c3ccc4c5c(cccc35)-c3ccc5ccccc5c3-4)ccc2c1. The summed E-state index contributed by atoms with van der Waals surface area (Å²) < 4.78 is 2.44. The number of para-hydroxylation sites is 3. The molecule has 0 spiro atoms. The van der Waals surface area contributed by atoms with Gasteiger partial charge in [0.2, 0.25) is 0 Å². The molecular formula is C144H87N. The van der Waals surface area contributed by atoms with Crippen LogP contribution in [0.1, 0.15) is 0 Å². The second kappa shape index (κ2) is 32.9. The highest BCUT2D eigenvalue weighted by molar-refractivity contribution is 6.33. The normalized spacial score (nSPS) is 12.0. The van der Waals surface area contributed by atoms with Crippen molar-refractivity contribution in [3.8, 4) is 161 Å². The van der Waals surface area contributed by atoms with Crippen molar-refractivity contribution in [1.82, 2.24) is 4.57 Å². The summed E-state index contributed by atoms with van der Waals surface area (Å²) in [6, 6.07) is 194. The first-order valence-electron chi connectivity index (χ1n) is 50.5. The maximum Gasteiger partial charge on any atom is 0.0541 e. The van der Waals surface area contributed by atoms with E-state index in [1.165, 1.54) is 313 Å². The third-order valence-corrected chi connectivity index (χ3v) is 31.7. The van der Waals surface area contributed by atoms with Gasteiger partial charge in [-0.3, -0.25) is 0 Å². The Bertz CT molecular complexity index is 10500. The second-order valence-corrected chi connectivity index (χ2v) is 39.3. The number of rotatable bonds is 7. The van der Waals surface area contributed by atoms with Gasteiger partial charge in [0.15, 0.2) is 0 Å². The van der Waals surface area contributed by atoms with Crippen LogP contribution >= 0.6 is 0 Å². The van der Waals surface area contributed by atoms with Gasteiger partial charge in [0.25, 0.3) is 0 Å². The molecule has 0 bridgehead atoms. The lowest BCUT2D eigenvalue weighted by Crippen LogP contribution is -1.97. The molecule has 0 fully saturated rings. The average Bonchev–Trinajstić information content (AvgIpc) is 1.41. The van der Waals surface area contributed by atoms with Gasteiger partial charge in [-0.2, -0.15) is 0 Å². The van der Waals surface area contributed by atoms with Gasteiger partial charge in [0.1, 0.15) is 0 Å². The summed E-state index contributed by atoms with van der Waals surface area (Å²) in [6.45, 7) is 0. The Morgan fingerprint density at radius 2 is 0.359 bits per heavy atom. The molecule has 1 aromatic heterocycles. The highest BCUT2D eigenvalue weighted by atomic mass is 15.0. The molecule has 0 unspecified atom stereocenters. The van der Waals surface area contributed by atoms with Crippen LogP contribution in [0.25, 0.3) is 313 Å². The van der Waals surface area contributed by atoms with Gasteiger partial charge in [0.05, 0.1) is 16.7 Å². The standard InChI is InChI=1S/C46H28.C38H23N.2C30H18/c1-2-9-31-25-34(16-15-29(31)7-1)36-20-19-35-26-33(17-18-37(35)27-36)32-10-5-11-38(28-32)39-23-24-44-45-40-12-4-3-8-30(40)21-22-43(45)42-14-6-13-41(39)46(42)44;1-2-11-25-24(10-1)20-21-32-31-16-9-15-30-26(22-23-33(37(25)32)38(30)31)27-12-3-6-17-34(27)39-35-18-7-4-13-28(35)29-14-5-8-19-36(29)39;1-2-8-21-18-22(13-12-19(21)6-1)23-16-17-28-29-24-9-4-3-7-20(24)14-15-27(29)26-11-5-10-25(23)30(26)28;1-2-9-19(10-3-1)20-17-18-27-28-23(20)15-8-16-26(28)29-24-13-6-4-11-21(24)22-12-5-7-14-25(22)30(27)29/h1-28H;1-23H;2*1-18H. The Balaban J connectivity index is 0.0000000912. The zero-order valence-electron chi connectivity index (χ0n) is 79.2. The first kappa shape index (κ1) is 82.0. The predicted octanol–water partition coefficient (Wildman–Crippen LogP) is 40.3. The van der Waals surface area contributed by atoms with Crippen molar-refractivity contribution in [2.75, 3.05) is 0 Å². The molecule has 0 radical (unpaired) electrons. The third kappa shape index (κ3) is 12.8. The predicted molar refractivity (Wildman–Crippen MR) is 621 cm³/mol. The van der Waals surface area contributed by atoms with Crippen molar-refractivity contribution in [3.05, 3.63) is 528 Å². The molecule has 28 aromatic carbocycles. The molecule has 4 aliphatic rings. The van der Waals surface area contributed by atoms with Crippen molar-refractivity contribution in [1.29, 1.82) is 0 Å². The van der Waals surface area contributed by atoms with Gasteiger partial charge < -0.3 is 4.57 Å². The first-order valence-corrected chi connectivity index (χ1v) is 50.5. The molecule has 0 aliphatic heterocycles. The molecule has 1 heteroatoms. The number of hydrogen-bond acceptors (Lipinski definition) is 0. The lowest BCUT2D eigenvalue weighted by Gasteiger charge is -2.16. The van der Waals surface area contributed by atoms with Crippen LogP contribution < -0.4 is 0 Å². The van der Waals surface area contributed by atoms with Crippen LogP contribution in [0.2, 0.25) is 0 Å². The van der Waals surface area contributed by atoms with Crippen LogP contribution in [-0.2, 0) is 0 Å². The van der Waals surface area contributed by atoms with Gasteiger partial charge in [-0.1, -0.05) is 479 Å². The Morgan fingerprint density at radius 3 is 0.828 bits per heavy atom. The summed E-state index contributed by atoms with van der Waals surface area (Å²) in [5, 5.41) is 34.2. The lowest BCUT2D eigenvalue weighted by atomic mass is 9.90. The average molecular weight is 1830 g/mol. The zero-order chi connectivity index (χ0) is 95.0. The van der Waals surface area contributed by atoms with E-state index in [9.17, 15) is 0 Å². The number of aromatic nitrogens is 1. The fourth-order valence-corrected chi connectivity index (χ4v) is 25.3. The van der Waals surface area contributed by atoms with Crippen LogP contribution in [-0.4, -0.2) is 4.57 Å². The Morgan fingerprint density at radius 1 is 0.103 bits per heavy atom. The summed E-state index contributed by atoms with van der Waals surface area (Å²) >= 11 is 0. The fraction of sp³-hybridized carbons (Fsp3) is 0. The smallest absolute Gasteiger partial charge is 0.0541 e. The summed E-state index contributed by atoms with van der Waals surface area (Å²) in [6.07, 6.45) is 0. The molecule has 33 rings (SSSR count). The van der Waals surface area contributed by atoms with E-state index in [-0.39, 0.29) is 0 Å². The van der Waals surface area contributed by atoms with E-state index in [0.29, 0.717) is 0 Å². The Kier molecular flexibility index (Phi) is 18.6. The van der Waals surface area contributed by atoms with Gasteiger partial charge in [-0.15, -0.1) is 0 Å². The molecule has 145 heavy (non-hydrogen) atoms. The highest BCUT2D eigenvalue weighted by Gasteiger charge is 2.32. The van der Waals surface area contributed by atoms with Gasteiger partial charge in [-0.05, 0) is 328 Å². The van der Waals surface area contributed by atoms with Crippen LogP contribution in [0, 0.1) is 0 Å². The largest absolute Gasteiger partial charge is 0.309 e. The maximum absolute atomic E-state index is 2.44. The quantitative estimate of drug-likeness (QED) is 0.140. The van der Waals surface area contributed by atoms with E-state index in [1.807, 2.05) is 0 Å². The molecule has 0 saturated carbocycles. The molecule has 29 aromatic rings. The van der Waals surface area contributed by atoms with Crippen molar-refractivity contribution in [3.63, 3.8) is 0 Å². The lowest BCUT2D eigenvalue weighted by molar-refractivity contribution is 1.18. The molecule has 1 nitrogen and oxygen atoms in total. The molecule has 0 saturated heterocycles.